The van der Waals surface area contributed by atoms with Crippen molar-refractivity contribution in [3.05, 3.63) is 53.3 Å². The van der Waals surface area contributed by atoms with Gasteiger partial charge in [-0.1, -0.05) is 6.07 Å². The summed E-state index contributed by atoms with van der Waals surface area (Å²) in [6.45, 7) is 6.10. The molecule has 1 saturated heterocycles. The number of ether oxygens (including phenoxy) is 1. The molecule has 0 radical (unpaired) electrons. The van der Waals surface area contributed by atoms with Gasteiger partial charge in [-0.25, -0.2) is 4.98 Å². The number of anilines is 1. The number of benzene rings is 2. The van der Waals surface area contributed by atoms with Gasteiger partial charge in [0.15, 0.2) is 5.11 Å². The number of methoxy groups -OCH3 is 1. The summed E-state index contributed by atoms with van der Waals surface area (Å²) in [4.78, 5) is 10.7. The number of nitrogens with zero attached hydrogens (tertiary/aromatic N) is 2. The second-order valence-electron chi connectivity index (χ2n) is 7.52. The van der Waals surface area contributed by atoms with Crippen LogP contribution in [0.3, 0.4) is 0 Å². The third-order valence-corrected chi connectivity index (χ3v) is 5.89. The van der Waals surface area contributed by atoms with Crippen molar-refractivity contribution in [3.63, 3.8) is 0 Å². The Bertz CT molecular complexity index is 974. The number of piperidine rings is 1. The fourth-order valence-electron chi connectivity index (χ4n) is 3.77. The lowest BCUT2D eigenvalue weighted by atomic mass is 9.98. The molecule has 5 nitrogen and oxygen atoms in total. The van der Waals surface area contributed by atoms with Crippen LogP contribution in [0, 0.1) is 13.8 Å². The number of hydrogen-bond acceptors (Lipinski definition) is 3. The first-order chi connectivity index (χ1) is 13.5. The predicted octanol–water partition coefficient (Wildman–Crippen LogP) is 4.76. The van der Waals surface area contributed by atoms with Crippen LogP contribution in [-0.4, -0.2) is 40.2 Å². The molecule has 6 heteroatoms. The van der Waals surface area contributed by atoms with Gasteiger partial charge in [-0.2, -0.15) is 0 Å². The molecule has 0 unspecified atom stereocenters. The summed E-state index contributed by atoms with van der Waals surface area (Å²) in [6, 6.07) is 12.2. The molecule has 4 rings (SSSR count). The number of fused-ring (bicyclic) bond motifs is 1. The smallest absolute Gasteiger partial charge is 0.173 e. The van der Waals surface area contributed by atoms with Gasteiger partial charge in [-0.15, -0.1) is 0 Å². The average Bonchev–Trinajstić information content (AvgIpc) is 3.11. The zero-order chi connectivity index (χ0) is 19.7. The summed E-state index contributed by atoms with van der Waals surface area (Å²) in [5.41, 5.74) is 5.68. The first-order valence-corrected chi connectivity index (χ1v) is 10.1. The Labute approximate surface area is 171 Å². The lowest BCUT2D eigenvalue weighted by Gasteiger charge is -2.33. The van der Waals surface area contributed by atoms with Crippen molar-refractivity contribution in [3.8, 4) is 5.75 Å². The number of likely N-dealkylation sites (tertiary alicyclic amines) is 1. The molecule has 28 heavy (non-hydrogen) atoms. The van der Waals surface area contributed by atoms with Crippen molar-refractivity contribution in [1.29, 1.82) is 0 Å². The minimum Gasteiger partial charge on any atom is -0.497 e. The van der Waals surface area contributed by atoms with E-state index in [0.29, 0.717) is 5.92 Å². The van der Waals surface area contributed by atoms with E-state index in [9.17, 15) is 0 Å². The quantitative estimate of drug-likeness (QED) is 0.627. The number of imidazole rings is 1. The molecule has 0 aliphatic carbocycles. The lowest BCUT2D eigenvalue weighted by Crippen LogP contribution is -2.41. The van der Waals surface area contributed by atoms with Gasteiger partial charge in [0, 0.05) is 30.8 Å². The second kappa shape index (κ2) is 7.80. The van der Waals surface area contributed by atoms with Crippen LogP contribution >= 0.6 is 12.2 Å². The summed E-state index contributed by atoms with van der Waals surface area (Å²) >= 11 is 5.68. The zero-order valence-corrected chi connectivity index (χ0v) is 17.4. The van der Waals surface area contributed by atoms with Crippen LogP contribution in [0.1, 0.15) is 35.7 Å². The van der Waals surface area contributed by atoms with Crippen LogP contribution < -0.4 is 10.1 Å². The third kappa shape index (κ3) is 3.83. The maximum Gasteiger partial charge on any atom is 0.173 e. The van der Waals surface area contributed by atoms with Crippen molar-refractivity contribution in [2.24, 2.45) is 0 Å². The molecule has 1 aliphatic rings. The van der Waals surface area contributed by atoms with E-state index in [2.05, 4.69) is 41.2 Å². The van der Waals surface area contributed by atoms with Gasteiger partial charge in [0.25, 0.3) is 0 Å². The summed E-state index contributed by atoms with van der Waals surface area (Å²) < 4.78 is 5.29. The zero-order valence-electron chi connectivity index (χ0n) is 16.6. The van der Waals surface area contributed by atoms with E-state index in [1.165, 1.54) is 11.1 Å². The summed E-state index contributed by atoms with van der Waals surface area (Å²) in [5.74, 6) is 2.23. The highest BCUT2D eigenvalue weighted by atomic mass is 32.1. The number of aromatic nitrogens is 2. The molecule has 2 heterocycles. The summed E-state index contributed by atoms with van der Waals surface area (Å²) in [6.07, 6.45) is 2.22. The van der Waals surface area contributed by atoms with E-state index < -0.39 is 0 Å². The largest absolute Gasteiger partial charge is 0.497 e. The fourth-order valence-corrected chi connectivity index (χ4v) is 4.05. The number of thiocarbonyl (C=S) groups is 1. The van der Waals surface area contributed by atoms with E-state index >= 15 is 0 Å². The Kier molecular flexibility index (Phi) is 5.22. The van der Waals surface area contributed by atoms with Crippen molar-refractivity contribution in [1.82, 2.24) is 14.9 Å². The third-order valence-electron chi connectivity index (χ3n) is 5.53. The highest BCUT2D eigenvalue weighted by molar-refractivity contribution is 7.80. The number of hydrogen-bond donors (Lipinski definition) is 2. The van der Waals surface area contributed by atoms with Crippen LogP contribution in [-0.2, 0) is 0 Å². The minimum absolute atomic E-state index is 0.354. The fraction of sp³-hybridized carbons (Fsp3) is 0.364. The standard InChI is InChI=1S/C22H26N4OS/c1-14-10-19-20(11-15(14)2)25-21(24-19)16-6-5-9-26(13-16)22(28)23-17-7-4-8-18(12-17)27-3/h4,7-8,10-12,16H,5-6,9,13H2,1-3H3,(H,23,28)(H,24,25)/t16-/m1/s1. The molecule has 0 bridgehead atoms. The van der Waals surface area contributed by atoms with Crippen LogP contribution in [0.4, 0.5) is 5.69 Å². The molecule has 0 amide bonds. The Morgan fingerprint density at radius 1 is 1.25 bits per heavy atom. The maximum atomic E-state index is 5.68. The Hall–Kier alpha value is -2.60. The van der Waals surface area contributed by atoms with Gasteiger partial charge < -0.3 is 19.9 Å². The van der Waals surface area contributed by atoms with E-state index in [-0.39, 0.29) is 0 Å². The number of rotatable bonds is 3. The first kappa shape index (κ1) is 18.7. The summed E-state index contributed by atoms with van der Waals surface area (Å²) in [7, 11) is 1.67. The number of H-pyrrole nitrogens is 1. The highest BCUT2D eigenvalue weighted by Gasteiger charge is 2.25. The Morgan fingerprint density at radius 3 is 2.89 bits per heavy atom. The Morgan fingerprint density at radius 2 is 2.07 bits per heavy atom. The van der Waals surface area contributed by atoms with Gasteiger partial charge >= 0.3 is 0 Å². The minimum atomic E-state index is 0.354. The van der Waals surface area contributed by atoms with E-state index in [0.717, 1.165) is 59.3 Å². The van der Waals surface area contributed by atoms with E-state index in [1.807, 2.05) is 24.3 Å². The van der Waals surface area contributed by atoms with Gasteiger partial charge in [0.1, 0.15) is 11.6 Å². The Balaban J connectivity index is 1.48. The van der Waals surface area contributed by atoms with Crippen molar-refractivity contribution < 1.29 is 4.74 Å². The predicted molar refractivity (Wildman–Crippen MR) is 118 cm³/mol. The number of aryl methyl sites for hydroxylation is 2. The molecular formula is C22H26N4OS. The molecule has 0 saturated carbocycles. The molecular weight excluding hydrogens is 368 g/mol. The maximum absolute atomic E-state index is 5.68. The van der Waals surface area contributed by atoms with Crippen molar-refractivity contribution >= 4 is 34.1 Å². The van der Waals surface area contributed by atoms with Crippen LogP contribution in [0.15, 0.2) is 36.4 Å². The molecule has 1 aromatic heterocycles. The van der Waals surface area contributed by atoms with Crippen molar-refractivity contribution in [2.75, 3.05) is 25.5 Å². The van der Waals surface area contributed by atoms with Gasteiger partial charge in [0.2, 0.25) is 0 Å². The summed E-state index contributed by atoms with van der Waals surface area (Å²) in [5, 5.41) is 4.10. The molecule has 1 atom stereocenters. The van der Waals surface area contributed by atoms with Crippen LogP contribution in [0.25, 0.3) is 11.0 Å². The normalized spacial score (nSPS) is 17.0. The number of aromatic amines is 1. The van der Waals surface area contributed by atoms with E-state index in [4.69, 9.17) is 21.9 Å². The monoisotopic (exact) mass is 394 g/mol. The second-order valence-corrected chi connectivity index (χ2v) is 7.91. The average molecular weight is 395 g/mol. The first-order valence-electron chi connectivity index (χ1n) is 9.70. The molecule has 0 spiro atoms. The molecule has 1 aliphatic heterocycles. The van der Waals surface area contributed by atoms with Gasteiger partial charge in [-0.05, 0) is 74.3 Å². The number of nitrogens with one attached hydrogen (secondary N) is 2. The van der Waals surface area contributed by atoms with Gasteiger partial charge in [-0.3, -0.25) is 0 Å². The van der Waals surface area contributed by atoms with E-state index in [1.54, 1.807) is 7.11 Å². The lowest BCUT2D eigenvalue weighted by molar-refractivity contribution is 0.307. The molecule has 2 N–H and O–H groups in total. The van der Waals surface area contributed by atoms with Crippen LogP contribution in [0.5, 0.6) is 5.75 Å². The molecule has 3 aromatic rings. The van der Waals surface area contributed by atoms with Crippen LogP contribution in [0.2, 0.25) is 0 Å². The molecule has 1 fully saturated rings. The highest BCUT2D eigenvalue weighted by Crippen LogP contribution is 2.28. The topological polar surface area (TPSA) is 53.2 Å². The molecule has 2 aromatic carbocycles. The van der Waals surface area contributed by atoms with Crippen molar-refractivity contribution in [2.45, 2.75) is 32.6 Å². The SMILES string of the molecule is COc1cccc(NC(=S)N2CCC[C@@H](c3nc4cc(C)c(C)cc4[nH]3)C2)c1. The molecule has 146 valence electrons. The van der Waals surface area contributed by atoms with Gasteiger partial charge in [0.05, 0.1) is 18.1 Å².